The number of nitrogens with one attached hydrogen (secondary N) is 1. The van der Waals surface area contributed by atoms with E-state index >= 15 is 0 Å². The van der Waals surface area contributed by atoms with Crippen molar-refractivity contribution in [3.8, 4) is 0 Å². The number of amides is 3. The molecule has 3 aliphatic rings. The third-order valence-corrected chi connectivity index (χ3v) is 9.06. The van der Waals surface area contributed by atoms with Crippen LogP contribution in [0.5, 0.6) is 0 Å². The molecule has 3 fully saturated rings. The van der Waals surface area contributed by atoms with Gasteiger partial charge in [0.05, 0.1) is 11.8 Å². The Morgan fingerprint density at radius 3 is 2.17 bits per heavy atom. The van der Waals surface area contributed by atoms with Crippen molar-refractivity contribution in [2.24, 2.45) is 23.7 Å². The minimum atomic E-state index is -0.834. The van der Waals surface area contributed by atoms with Gasteiger partial charge in [-0.2, -0.15) is 0 Å². The molecule has 10 heteroatoms. The highest BCUT2D eigenvalue weighted by Gasteiger charge is 2.66. The molecule has 1 N–H and O–H groups in total. The summed E-state index contributed by atoms with van der Waals surface area (Å²) >= 11 is 7.20. The van der Waals surface area contributed by atoms with Gasteiger partial charge in [0.25, 0.3) is 5.91 Å². The number of anilines is 1. The standard InChI is InChI=1S/C19H17Br2FN2O5/c20-16-10-5-11(17(16)21)15-14(10)18(27)24(19(15)28)6-13(26)29-7-12(25)23-9-3-1-8(22)2-4-9/h1-4,10-11,14-17H,5-7H2,(H,23,25)/t10-,11-,14-,15-,16+,17+/m1/s1. The summed E-state index contributed by atoms with van der Waals surface area (Å²) in [6.07, 6.45) is 0.806. The molecule has 1 aliphatic heterocycles. The molecule has 2 bridgehead atoms. The molecule has 1 aromatic rings. The van der Waals surface area contributed by atoms with E-state index in [4.69, 9.17) is 4.74 Å². The fourth-order valence-electron chi connectivity index (χ4n) is 4.62. The summed E-state index contributed by atoms with van der Waals surface area (Å²) in [4.78, 5) is 50.6. The van der Waals surface area contributed by atoms with Crippen LogP contribution in [0.25, 0.3) is 0 Å². The van der Waals surface area contributed by atoms with Crippen molar-refractivity contribution in [2.45, 2.75) is 16.1 Å². The Morgan fingerprint density at radius 1 is 1.07 bits per heavy atom. The molecular formula is C19H17Br2FN2O5. The van der Waals surface area contributed by atoms with Crippen LogP contribution in [0.4, 0.5) is 10.1 Å². The number of esters is 1. The van der Waals surface area contributed by atoms with Crippen molar-refractivity contribution in [1.29, 1.82) is 0 Å². The number of likely N-dealkylation sites (tertiary alicyclic amines) is 1. The van der Waals surface area contributed by atoms with Gasteiger partial charge in [-0.1, -0.05) is 31.9 Å². The number of nitrogens with zero attached hydrogens (tertiary/aromatic N) is 1. The highest BCUT2D eigenvalue weighted by molar-refractivity contribution is 9.12. The summed E-state index contributed by atoms with van der Waals surface area (Å²) in [7, 11) is 0. The second-order valence-corrected chi connectivity index (χ2v) is 9.60. The van der Waals surface area contributed by atoms with E-state index in [0.29, 0.717) is 5.69 Å². The topological polar surface area (TPSA) is 92.8 Å². The Bertz CT molecular complexity index is 848. The third-order valence-electron chi connectivity index (χ3n) is 5.86. The molecule has 29 heavy (non-hydrogen) atoms. The second kappa shape index (κ2) is 7.79. The van der Waals surface area contributed by atoms with Crippen molar-refractivity contribution < 1.29 is 28.3 Å². The van der Waals surface area contributed by atoms with Crippen LogP contribution in [0, 0.1) is 29.5 Å². The second-order valence-electron chi connectivity index (χ2n) is 7.48. The Balaban J connectivity index is 1.31. The number of carbonyl (C=O) groups excluding carboxylic acids is 4. The first-order chi connectivity index (χ1) is 13.8. The Labute approximate surface area is 182 Å². The van der Waals surface area contributed by atoms with Crippen LogP contribution >= 0.6 is 31.9 Å². The third kappa shape index (κ3) is 3.61. The molecule has 1 aromatic carbocycles. The average molecular weight is 532 g/mol. The molecule has 4 rings (SSSR count). The number of halogens is 3. The van der Waals surface area contributed by atoms with Crippen LogP contribution in [-0.4, -0.2) is 51.4 Å². The highest BCUT2D eigenvalue weighted by atomic mass is 79.9. The molecule has 154 valence electrons. The first-order valence-corrected chi connectivity index (χ1v) is 11.0. The zero-order valence-electron chi connectivity index (χ0n) is 15.0. The normalized spacial score (nSPS) is 32.4. The first kappa shape index (κ1) is 20.5. The van der Waals surface area contributed by atoms with Crippen molar-refractivity contribution in [1.82, 2.24) is 4.90 Å². The Hall–Kier alpha value is -1.81. The van der Waals surface area contributed by atoms with Gasteiger partial charge in [-0.15, -0.1) is 0 Å². The lowest BCUT2D eigenvalue weighted by molar-refractivity contribution is -0.154. The van der Waals surface area contributed by atoms with E-state index in [2.05, 4.69) is 37.2 Å². The van der Waals surface area contributed by atoms with Crippen LogP contribution in [0.3, 0.4) is 0 Å². The number of carbonyl (C=O) groups is 4. The van der Waals surface area contributed by atoms with Gasteiger partial charge in [-0.25, -0.2) is 4.39 Å². The van der Waals surface area contributed by atoms with Gasteiger partial charge < -0.3 is 10.1 Å². The SMILES string of the molecule is O=C(COC(=O)CN1C(=O)[C@@H]2[C@H]3C[C@@H]([C@H](Br)[C@H]3Br)[C@H]2C1=O)Nc1ccc(F)cc1. The summed E-state index contributed by atoms with van der Waals surface area (Å²) in [5.74, 6) is -3.25. The van der Waals surface area contributed by atoms with E-state index in [1.54, 1.807) is 0 Å². The molecule has 7 nitrogen and oxygen atoms in total. The number of hydrogen-bond donors (Lipinski definition) is 1. The molecule has 3 amide bonds. The van der Waals surface area contributed by atoms with Crippen molar-refractivity contribution in [2.75, 3.05) is 18.5 Å². The maximum absolute atomic E-state index is 12.9. The van der Waals surface area contributed by atoms with Gasteiger partial charge >= 0.3 is 5.97 Å². The van der Waals surface area contributed by atoms with Gasteiger partial charge in [0.2, 0.25) is 11.8 Å². The predicted octanol–water partition coefficient (Wildman–Crippen LogP) is 2.09. The Morgan fingerprint density at radius 2 is 1.62 bits per heavy atom. The lowest BCUT2D eigenvalue weighted by atomic mass is 9.81. The smallest absolute Gasteiger partial charge is 0.326 e. The molecule has 2 aliphatic carbocycles. The maximum Gasteiger partial charge on any atom is 0.326 e. The average Bonchev–Trinajstić information content (AvgIpc) is 3.29. The number of rotatable bonds is 5. The highest BCUT2D eigenvalue weighted by Crippen LogP contribution is 2.60. The van der Waals surface area contributed by atoms with E-state index in [-0.39, 0.29) is 33.3 Å². The predicted molar refractivity (Wildman–Crippen MR) is 107 cm³/mol. The van der Waals surface area contributed by atoms with Gasteiger partial charge in [0.15, 0.2) is 6.61 Å². The van der Waals surface area contributed by atoms with Crippen LogP contribution < -0.4 is 5.32 Å². The van der Waals surface area contributed by atoms with Crippen LogP contribution in [0.2, 0.25) is 0 Å². The van der Waals surface area contributed by atoms with Gasteiger partial charge in [-0.05, 0) is 42.5 Å². The van der Waals surface area contributed by atoms with E-state index in [1.807, 2.05) is 0 Å². The van der Waals surface area contributed by atoms with Crippen molar-refractivity contribution in [3.63, 3.8) is 0 Å². The molecule has 1 heterocycles. The largest absolute Gasteiger partial charge is 0.454 e. The van der Waals surface area contributed by atoms with Crippen LogP contribution in [0.15, 0.2) is 24.3 Å². The zero-order chi connectivity index (χ0) is 20.9. The number of alkyl halides is 2. The molecule has 0 unspecified atom stereocenters. The molecule has 0 spiro atoms. The molecular weight excluding hydrogens is 515 g/mol. The fourth-order valence-corrected chi connectivity index (χ4v) is 6.49. The monoisotopic (exact) mass is 530 g/mol. The quantitative estimate of drug-likeness (QED) is 0.357. The van der Waals surface area contributed by atoms with Gasteiger partial charge in [-0.3, -0.25) is 24.1 Å². The summed E-state index contributed by atoms with van der Waals surface area (Å²) < 4.78 is 17.8. The lowest BCUT2D eigenvalue weighted by Gasteiger charge is -2.28. The molecule has 1 saturated heterocycles. The summed E-state index contributed by atoms with van der Waals surface area (Å²) in [5.41, 5.74) is 0.356. The molecule has 6 atom stereocenters. The minimum Gasteiger partial charge on any atom is -0.454 e. The molecule has 0 radical (unpaired) electrons. The van der Waals surface area contributed by atoms with E-state index in [0.717, 1.165) is 11.3 Å². The first-order valence-electron chi connectivity index (χ1n) is 9.12. The number of benzene rings is 1. The minimum absolute atomic E-state index is 0.0633. The van der Waals surface area contributed by atoms with E-state index in [1.165, 1.54) is 24.3 Å². The maximum atomic E-state index is 12.9. The van der Waals surface area contributed by atoms with E-state index in [9.17, 15) is 23.6 Å². The fraction of sp³-hybridized carbons (Fsp3) is 0.474. The molecule has 2 saturated carbocycles. The lowest BCUT2D eigenvalue weighted by Crippen LogP contribution is -2.38. The summed E-state index contributed by atoms with van der Waals surface area (Å²) in [6, 6.07) is 5.12. The summed E-state index contributed by atoms with van der Waals surface area (Å²) in [6.45, 7) is -1.08. The van der Waals surface area contributed by atoms with Crippen LogP contribution in [0.1, 0.15) is 6.42 Å². The van der Waals surface area contributed by atoms with Gasteiger partial charge in [0.1, 0.15) is 12.4 Å². The molecule has 0 aromatic heterocycles. The number of imide groups is 1. The summed E-state index contributed by atoms with van der Waals surface area (Å²) in [5, 5.41) is 2.46. The number of hydrogen-bond acceptors (Lipinski definition) is 5. The van der Waals surface area contributed by atoms with E-state index < -0.39 is 42.7 Å². The van der Waals surface area contributed by atoms with Crippen molar-refractivity contribution >= 4 is 61.2 Å². The van der Waals surface area contributed by atoms with Crippen molar-refractivity contribution in [3.05, 3.63) is 30.1 Å². The number of fused-ring (bicyclic) bond motifs is 5. The van der Waals surface area contributed by atoms with Gasteiger partial charge in [0, 0.05) is 15.3 Å². The van der Waals surface area contributed by atoms with Crippen LogP contribution in [-0.2, 0) is 23.9 Å². The zero-order valence-corrected chi connectivity index (χ0v) is 18.2. The Kier molecular flexibility index (Phi) is 5.50. The number of ether oxygens (including phenoxy) is 1.